The number of esters is 1. The summed E-state index contributed by atoms with van der Waals surface area (Å²) in [5.41, 5.74) is 4.58. The summed E-state index contributed by atoms with van der Waals surface area (Å²) < 4.78 is 4.81. The highest BCUT2D eigenvalue weighted by Crippen LogP contribution is 2.19. The van der Waals surface area contributed by atoms with Crippen molar-refractivity contribution in [3.63, 3.8) is 0 Å². The lowest BCUT2D eigenvalue weighted by Crippen LogP contribution is -2.37. The van der Waals surface area contributed by atoms with Gasteiger partial charge in [0, 0.05) is 31.0 Å². The van der Waals surface area contributed by atoms with Gasteiger partial charge in [-0.15, -0.1) is 0 Å². The van der Waals surface area contributed by atoms with E-state index in [4.69, 9.17) is 17.0 Å². The van der Waals surface area contributed by atoms with Gasteiger partial charge in [-0.2, -0.15) is 0 Å². The summed E-state index contributed by atoms with van der Waals surface area (Å²) >= 11 is 5.40. The Morgan fingerprint density at radius 2 is 1.85 bits per heavy atom. The molecule has 2 N–H and O–H groups in total. The molecular formula is C21H27N3O2S. The van der Waals surface area contributed by atoms with Crippen molar-refractivity contribution in [3.8, 4) is 0 Å². The van der Waals surface area contributed by atoms with Gasteiger partial charge >= 0.3 is 5.97 Å². The molecule has 2 rings (SSSR count). The van der Waals surface area contributed by atoms with E-state index in [9.17, 15) is 4.79 Å². The quantitative estimate of drug-likeness (QED) is 0.557. The number of benzene rings is 2. The van der Waals surface area contributed by atoms with E-state index in [0.29, 0.717) is 17.2 Å². The molecule has 144 valence electrons. The van der Waals surface area contributed by atoms with Crippen molar-refractivity contribution in [2.75, 3.05) is 37.0 Å². The lowest BCUT2D eigenvalue weighted by atomic mass is 10.1. The number of hydrogen-bond acceptors (Lipinski definition) is 4. The highest BCUT2D eigenvalue weighted by molar-refractivity contribution is 7.80. The molecule has 0 heterocycles. The molecule has 6 heteroatoms. The van der Waals surface area contributed by atoms with Gasteiger partial charge in [0.15, 0.2) is 5.11 Å². The van der Waals surface area contributed by atoms with Gasteiger partial charge < -0.3 is 20.3 Å². The van der Waals surface area contributed by atoms with E-state index in [1.54, 1.807) is 12.1 Å². The molecule has 0 radical (unpaired) electrons. The smallest absolute Gasteiger partial charge is 0.338 e. The Morgan fingerprint density at radius 1 is 1.15 bits per heavy atom. The third-order valence-corrected chi connectivity index (χ3v) is 4.68. The number of aryl methyl sites for hydroxylation is 1. The van der Waals surface area contributed by atoms with Gasteiger partial charge in [-0.3, -0.25) is 0 Å². The molecule has 0 bridgehead atoms. The van der Waals surface area contributed by atoms with E-state index in [1.165, 1.54) is 18.4 Å². The van der Waals surface area contributed by atoms with Crippen LogP contribution in [-0.2, 0) is 4.74 Å². The maximum absolute atomic E-state index is 11.8. The molecule has 0 unspecified atom stereocenters. The molecule has 2 aromatic carbocycles. The minimum atomic E-state index is -0.355. The first-order chi connectivity index (χ1) is 13.0. The van der Waals surface area contributed by atoms with Gasteiger partial charge in [0.2, 0.25) is 0 Å². The Morgan fingerprint density at radius 3 is 2.48 bits per heavy atom. The van der Waals surface area contributed by atoms with Crippen LogP contribution in [0.5, 0.6) is 0 Å². The maximum Gasteiger partial charge on any atom is 0.338 e. The van der Waals surface area contributed by atoms with Gasteiger partial charge in [-0.25, -0.2) is 4.79 Å². The first-order valence-corrected chi connectivity index (χ1v) is 9.41. The van der Waals surface area contributed by atoms with Crippen LogP contribution in [0.15, 0.2) is 42.5 Å². The van der Waals surface area contributed by atoms with Crippen LogP contribution >= 0.6 is 12.2 Å². The summed E-state index contributed by atoms with van der Waals surface area (Å²) in [5, 5.41) is 6.92. The van der Waals surface area contributed by atoms with Crippen LogP contribution in [0.3, 0.4) is 0 Å². The lowest BCUT2D eigenvalue weighted by Gasteiger charge is -2.24. The molecule has 0 saturated heterocycles. The number of nitrogens with zero attached hydrogens (tertiary/aromatic N) is 1. The van der Waals surface area contributed by atoms with Crippen LogP contribution in [0.2, 0.25) is 0 Å². The zero-order valence-corrected chi connectivity index (χ0v) is 17.2. The van der Waals surface area contributed by atoms with Crippen molar-refractivity contribution in [2.45, 2.75) is 20.8 Å². The fourth-order valence-electron chi connectivity index (χ4n) is 2.80. The maximum atomic E-state index is 11.8. The molecule has 5 nitrogen and oxygen atoms in total. The van der Waals surface area contributed by atoms with E-state index in [2.05, 4.69) is 53.6 Å². The SMILES string of the molecule is CCN(CCNC(=S)Nc1cccc(C(=O)OC)c1C)c1ccc(C)cc1. The molecule has 2 aromatic rings. The molecule has 0 spiro atoms. The predicted octanol–water partition coefficient (Wildman–Crippen LogP) is 3.90. The average Bonchev–Trinajstić information content (AvgIpc) is 2.67. The number of rotatable bonds is 7. The van der Waals surface area contributed by atoms with Gasteiger partial charge in [0.05, 0.1) is 12.7 Å². The third-order valence-electron chi connectivity index (χ3n) is 4.44. The summed E-state index contributed by atoms with van der Waals surface area (Å²) in [6.45, 7) is 8.56. The van der Waals surface area contributed by atoms with Crippen LogP contribution < -0.4 is 15.5 Å². The standard InChI is InChI=1S/C21H27N3O2S/c1-5-24(17-11-9-15(2)10-12-17)14-13-22-21(27)23-19-8-6-7-18(16(19)3)20(25)26-4/h6-12H,5,13-14H2,1-4H3,(H2,22,23,27). The minimum Gasteiger partial charge on any atom is -0.465 e. The van der Waals surface area contributed by atoms with Crippen LogP contribution in [0.4, 0.5) is 11.4 Å². The second-order valence-corrected chi connectivity index (χ2v) is 6.67. The summed E-state index contributed by atoms with van der Waals surface area (Å²) in [6.07, 6.45) is 0. The number of nitrogens with one attached hydrogen (secondary N) is 2. The van der Waals surface area contributed by atoms with Crippen LogP contribution in [-0.4, -0.2) is 37.8 Å². The molecule has 0 saturated carbocycles. The number of methoxy groups -OCH3 is 1. The monoisotopic (exact) mass is 385 g/mol. The van der Waals surface area contributed by atoms with Crippen LogP contribution in [0.25, 0.3) is 0 Å². The summed E-state index contributed by atoms with van der Waals surface area (Å²) in [6, 6.07) is 13.9. The second kappa shape index (κ2) is 9.92. The van der Waals surface area contributed by atoms with E-state index >= 15 is 0 Å². The number of carbonyl (C=O) groups excluding carboxylic acids is 1. The average molecular weight is 386 g/mol. The number of anilines is 2. The van der Waals surface area contributed by atoms with Crippen molar-refractivity contribution in [3.05, 3.63) is 59.2 Å². The molecule has 0 fully saturated rings. The van der Waals surface area contributed by atoms with Crippen molar-refractivity contribution in [2.24, 2.45) is 0 Å². The molecule has 0 aliphatic carbocycles. The molecule has 0 aromatic heterocycles. The molecule has 27 heavy (non-hydrogen) atoms. The Balaban J connectivity index is 1.91. The molecule has 0 aliphatic rings. The van der Waals surface area contributed by atoms with E-state index < -0.39 is 0 Å². The number of carbonyl (C=O) groups is 1. The summed E-state index contributed by atoms with van der Waals surface area (Å²) in [7, 11) is 1.38. The Bertz CT molecular complexity index is 791. The Labute approximate surface area is 166 Å². The minimum absolute atomic E-state index is 0.355. The molecule has 0 atom stereocenters. The van der Waals surface area contributed by atoms with Crippen molar-refractivity contribution in [1.82, 2.24) is 5.32 Å². The van der Waals surface area contributed by atoms with Crippen LogP contribution in [0, 0.1) is 13.8 Å². The van der Waals surface area contributed by atoms with Gasteiger partial charge in [0.25, 0.3) is 0 Å². The summed E-state index contributed by atoms with van der Waals surface area (Å²) in [5.74, 6) is -0.355. The van der Waals surface area contributed by atoms with Crippen molar-refractivity contribution < 1.29 is 9.53 Å². The fourth-order valence-corrected chi connectivity index (χ4v) is 3.01. The first-order valence-electron chi connectivity index (χ1n) is 9.00. The lowest BCUT2D eigenvalue weighted by molar-refractivity contribution is 0.0600. The Kier molecular flexibility index (Phi) is 7.61. The number of thiocarbonyl (C=S) groups is 1. The Hall–Kier alpha value is -2.60. The zero-order chi connectivity index (χ0) is 19.8. The van der Waals surface area contributed by atoms with Gasteiger partial charge in [0.1, 0.15) is 0 Å². The van der Waals surface area contributed by atoms with E-state index in [1.807, 2.05) is 13.0 Å². The molecule has 0 aliphatic heterocycles. The van der Waals surface area contributed by atoms with Crippen molar-refractivity contribution >= 4 is 34.7 Å². The van der Waals surface area contributed by atoms with Gasteiger partial charge in [-0.05, 0) is 62.8 Å². The first kappa shape index (κ1) is 20.7. The van der Waals surface area contributed by atoms with E-state index in [-0.39, 0.29) is 5.97 Å². The third kappa shape index (κ3) is 5.69. The number of ether oxygens (including phenoxy) is 1. The largest absolute Gasteiger partial charge is 0.465 e. The molecule has 0 amide bonds. The zero-order valence-electron chi connectivity index (χ0n) is 16.3. The van der Waals surface area contributed by atoms with Gasteiger partial charge in [-0.1, -0.05) is 23.8 Å². The summed E-state index contributed by atoms with van der Waals surface area (Å²) in [4.78, 5) is 14.1. The normalized spacial score (nSPS) is 10.2. The fraction of sp³-hybridized carbons (Fsp3) is 0.333. The number of hydrogen-bond donors (Lipinski definition) is 2. The highest BCUT2D eigenvalue weighted by atomic mass is 32.1. The predicted molar refractivity (Wildman–Crippen MR) is 116 cm³/mol. The number of likely N-dealkylation sites (N-methyl/N-ethyl adjacent to an activating group) is 1. The molecular weight excluding hydrogens is 358 g/mol. The second-order valence-electron chi connectivity index (χ2n) is 6.27. The van der Waals surface area contributed by atoms with Crippen molar-refractivity contribution in [1.29, 1.82) is 0 Å². The topological polar surface area (TPSA) is 53.6 Å². The van der Waals surface area contributed by atoms with Crippen LogP contribution in [0.1, 0.15) is 28.4 Å². The highest BCUT2D eigenvalue weighted by Gasteiger charge is 2.12. The van der Waals surface area contributed by atoms with E-state index in [0.717, 1.165) is 24.3 Å².